The predicted octanol–water partition coefficient (Wildman–Crippen LogP) is 5.90. The van der Waals surface area contributed by atoms with Gasteiger partial charge in [-0.3, -0.25) is 4.79 Å². The molecule has 4 rings (SSSR count). The Bertz CT molecular complexity index is 1210. The van der Waals surface area contributed by atoms with E-state index in [-0.39, 0.29) is 5.56 Å². The Labute approximate surface area is 160 Å². The molecule has 1 N–H and O–H groups in total. The fourth-order valence-electron chi connectivity index (χ4n) is 3.14. The molecule has 0 atom stereocenters. The molecule has 4 aromatic rings. The lowest BCUT2D eigenvalue weighted by Crippen LogP contribution is -2.09. The van der Waals surface area contributed by atoms with E-state index in [4.69, 9.17) is 16.6 Å². The van der Waals surface area contributed by atoms with Crippen LogP contribution in [-0.4, -0.2) is 9.97 Å². The number of aromatic amines is 1. The van der Waals surface area contributed by atoms with E-state index in [1.54, 1.807) is 6.07 Å². The van der Waals surface area contributed by atoms with Gasteiger partial charge in [0.15, 0.2) is 0 Å². The predicted molar refractivity (Wildman–Crippen MR) is 110 cm³/mol. The van der Waals surface area contributed by atoms with Gasteiger partial charge in [0.2, 0.25) is 0 Å². The lowest BCUT2D eigenvalue weighted by Gasteiger charge is -2.06. The zero-order chi connectivity index (χ0) is 18.4. The van der Waals surface area contributed by atoms with Crippen molar-refractivity contribution in [3.05, 3.63) is 73.8 Å². The number of aromatic nitrogens is 2. The summed E-state index contributed by atoms with van der Waals surface area (Å²) in [5.41, 5.74) is 5.05. The summed E-state index contributed by atoms with van der Waals surface area (Å²) in [6.45, 7) is 6.20. The normalized spacial score (nSPS) is 11.2. The Hall–Kier alpha value is -2.43. The first-order chi connectivity index (χ1) is 12.5. The molecule has 2 heterocycles. The molecule has 0 amide bonds. The van der Waals surface area contributed by atoms with E-state index in [1.807, 2.05) is 25.1 Å². The fourth-order valence-corrected chi connectivity index (χ4v) is 4.42. The van der Waals surface area contributed by atoms with Crippen molar-refractivity contribution in [3.63, 3.8) is 0 Å². The maximum Gasteiger partial charge on any atom is 0.260 e. The highest BCUT2D eigenvalue weighted by molar-refractivity contribution is 7.19. The third-order valence-corrected chi connectivity index (χ3v) is 5.99. The highest BCUT2D eigenvalue weighted by atomic mass is 35.5. The third kappa shape index (κ3) is 2.75. The van der Waals surface area contributed by atoms with Gasteiger partial charge in [0.25, 0.3) is 5.56 Å². The highest BCUT2D eigenvalue weighted by Gasteiger charge is 2.18. The minimum atomic E-state index is -0.137. The number of benzene rings is 2. The standard InChI is InChI=1S/C21H17ClN2OS/c1-11-8-9-14(10-12(11)2)17-13(3)26-21-18(17)20(25)23-19(24-21)15-6-4-5-7-16(15)22/h4-10H,1-3H3,(H,23,24,25). The zero-order valence-electron chi connectivity index (χ0n) is 14.7. The minimum Gasteiger partial charge on any atom is -0.306 e. The van der Waals surface area contributed by atoms with Crippen LogP contribution in [0.2, 0.25) is 5.02 Å². The average molecular weight is 381 g/mol. The number of aryl methyl sites for hydroxylation is 3. The molecule has 0 radical (unpaired) electrons. The first-order valence-corrected chi connectivity index (χ1v) is 9.51. The summed E-state index contributed by atoms with van der Waals surface area (Å²) in [4.78, 5) is 22.3. The largest absolute Gasteiger partial charge is 0.306 e. The van der Waals surface area contributed by atoms with E-state index in [0.29, 0.717) is 16.2 Å². The summed E-state index contributed by atoms with van der Waals surface area (Å²) in [5, 5.41) is 1.21. The molecule has 0 aliphatic rings. The monoisotopic (exact) mass is 380 g/mol. The second-order valence-corrected chi connectivity index (χ2v) is 8.02. The maximum absolute atomic E-state index is 12.9. The molecule has 130 valence electrons. The Morgan fingerprint density at radius 3 is 2.54 bits per heavy atom. The summed E-state index contributed by atoms with van der Waals surface area (Å²) in [6, 6.07) is 13.7. The summed E-state index contributed by atoms with van der Waals surface area (Å²) >= 11 is 7.81. The van der Waals surface area contributed by atoms with Crippen LogP contribution in [0.25, 0.3) is 32.7 Å². The van der Waals surface area contributed by atoms with Gasteiger partial charge in [-0.25, -0.2) is 4.98 Å². The summed E-state index contributed by atoms with van der Waals surface area (Å²) in [7, 11) is 0. The van der Waals surface area contributed by atoms with Crippen molar-refractivity contribution in [3.8, 4) is 22.5 Å². The molecule has 0 spiro atoms. The van der Waals surface area contributed by atoms with Crippen LogP contribution in [0.5, 0.6) is 0 Å². The second kappa shape index (κ2) is 6.38. The van der Waals surface area contributed by atoms with E-state index in [1.165, 1.54) is 22.5 Å². The van der Waals surface area contributed by atoms with Gasteiger partial charge in [-0.2, -0.15) is 0 Å². The molecule has 2 aromatic carbocycles. The van der Waals surface area contributed by atoms with Gasteiger partial charge in [-0.15, -0.1) is 11.3 Å². The number of hydrogen-bond donors (Lipinski definition) is 1. The Morgan fingerprint density at radius 2 is 1.81 bits per heavy atom. The number of nitrogens with one attached hydrogen (secondary N) is 1. The van der Waals surface area contributed by atoms with Gasteiger partial charge >= 0.3 is 0 Å². The van der Waals surface area contributed by atoms with Crippen LogP contribution in [0.4, 0.5) is 0 Å². The van der Waals surface area contributed by atoms with Crippen LogP contribution in [0, 0.1) is 20.8 Å². The average Bonchev–Trinajstić information content (AvgIpc) is 2.94. The molecule has 0 aliphatic heterocycles. The maximum atomic E-state index is 12.9. The van der Waals surface area contributed by atoms with E-state index in [2.05, 4.69) is 37.0 Å². The SMILES string of the molecule is Cc1ccc(-c2c(C)sc3nc(-c4ccccc4Cl)[nH]c(=O)c23)cc1C. The first-order valence-electron chi connectivity index (χ1n) is 8.31. The van der Waals surface area contributed by atoms with Gasteiger partial charge in [0.1, 0.15) is 10.7 Å². The second-order valence-electron chi connectivity index (χ2n) is 6.41. The Balaban J connectivity index is 1.98. The lowest BCUT2D eigenvalue weighted by molar-refractivity contribution is 1.19. The molecule has 0 aliphatic carbocycles. The van der Waals surface area contributed by atoms with Gasteiger partial charge in [0, 0.05) is 16.0 Å². The van der Waals surface area contributed by atoms with Gasteiger partial charge in [0.05, 0.1) is 10.4 Å². The van der Waals surface area contributed by atoms with Crippen molar-refractivity contribution >= 4 is 33.2 Å². The van der Waals surface area contributed by atoms with Crippen LogP contribution in [0.3, 0.4) is 0 Å². The Morgan fingerprint density at radius 1 is 1.04 bits per heavy atom. The van der Waals surface area contributed by atoms with Gasteiger partial charge in [-0.1, -0.05) is 41.9 Å². The third-order valence-electron chi connectivity index (χ3n) is 4.66. The molecule has 2 aromatic heterocycles. The number of rotatable bonds is 2. The zero-order valence-corrected chi connectivity index (χ0v) is 16.3. The van der Waals surface area contributed by atoms with Crippen LogP contribution >= 0.6 is 22.9 Å². The number of nitrogens with zero attached hydrogens (tertiary/aromatic N) is 1. The molecule has 0 bridgehead atoms. The topological polar surface area (TPSA) is 45.8 Å². The number of hydrogen-bond acceptors (Lipinski definition) is 3. The smallest absolute Gasteiger partial charge is 0.260 e. The number of thiophene rings is 1. The van der Waals surface area contributed by atoms with Crippen molar-refractivity contribution in [1.29, 1.82) is 0 Å². The van der Waals surface area contributed by atoms with Crippen molar-refractivity contribution in [2.75, 3.05) is 0 Å². The number of H-pyrrole nitrogens is 1. The molecule has 5 heteroatoms. The van der Waals surface area contributed by atoms with Crippen molar-refractivity contribution in [1.82, 2.24) is 9.97 Å². The van der Waals surface area contributed by atoms with Crippen LogP contribution in [0.15, 0.2) is 47.3 Å². The molecule has 0 fully saturated rings. The van der Waals surface area contributed by atoms with E-state index >= 15 is 0 Å². The van der Waals surface area contributed by atoms with Crippen molar-refractivity contribution < 1.29 is 0 Å². The molecular weight excluding hydrogens is 364 g/mol. The summed E-state index contributed by atoms with van der Waals surface area (Å²) < 4.78 is 0. The van der Waals surface area contributed by atoms with Gasteiger partial charge in [-0.05, 0) is 49.6 Å². The molecule has 3 nitrogen and oxygen atoms in total. The first kappa shape index (κ1) is 17.0. The fraction of sp³-hybridized carbons (Fsp3) is 0.143. The molecule has 26 heavy (non-hydrogen) atoms. The minimum absolute atomic E-state index is 0.137. The Kier molecular flexibility index (Phi) is 4.17. The van der Waals surface area contributed by atoms with E-state index in [0.717, 1.165) is 26.4 Å². The van der Waals surface area contributed by atoms with E-state index < -0.39 is 0 Å². The van der Waals surface area contributed by atoms with Crippen LogP contribution in [-0.2, 0) is 0 Å². The molecule has 0 saturated heterocycles. The molecule has 0 unspecified atom stereocenters. The van der Waals surface area contributed by atoms with E-state index in [9.17, 15) is 4.79 Å². The lowest BCUT2D eigenvalue weighted by atomic mass is 9.99. The van der Waals surface area contributed by atoms with Gasteiger partial charge < -0.3 is 4.98 Å². The van der Waals surface area contributed by atoms with Crippen LogP contribution in [0.1, 0.15) is 16.0 Å². The van der Waals surface area contributed by atoms with Crippen LogP contribution < -0.4 is 5.56 Å². The summed E-state index contributed by atoms with van der Waals surface area (Å²) in [6.07, 6.45) is 0. The molecule has 0 saturated carbocycles. The highest BCUT2D eigenvalue weighted by Crippen LogP contribution is 2.37. The number of fused-ring (bicyclic) bond motifs is 1. The van der Waals surface area contributed by atoms with Crippen molar-refractivity contribution in [2.45, 2.75) is 20.8 Å². The quantitative estimate of drug-likeness (QED) is 0.470. The number of halogens is 1. The van der Waals surface area contributed by atoms with Crippen molar-refractivity contribution in [2.24, 2.45) is 0 Å². The molecular formula is C21H17ClN2OS. The summed E-state index contributed by atoms with van der Waals surface area (Å²) in [5.74, 6) is 0.501.